The van der Waals surface area contributed by atoms with Crippen LogP contribution in [0.15, 0.2) is 11.8 Å². The molecule has 0 aliphatic rings. The number of carbonyl (C=O) groups excluding carboxylic acids is 1. The Balaban J connectivity index is 3.49. The fourth-order valence-electron chi connectivity index (χ4n) is 0.164. The molecule has 0 aromatic rings. The molecule has 0 aromatic heterocycles. The van der Waals surface area contributed by atoms with E-state index in [1.54, 1.807) is 6.92 Å². The summed E-state index contributed by atoms with van der Waals surface area (Å²) in [5.41, 5.74) is 0. The van der Waals surface area contributed by atoms with Crippen LogP contribution in [0.1, 0.15) is 6.92 Å². The SMILES string of the molecule is CO/C(C)=C/C=O. The van der Waals surface area contributed by atoms with Crippen LogP contribution < -0.4 is 0 Å². The first-order chi connectivity index (χ1) is 3.31. The molecule has 0 aliphatic heterocycles. The van der Waals surface area contributed by atoms with Crippen LogP contribution in [0.25, 0.3) is 0 Å². The van der Waals surface area contributed by atoms with Gasteiger partial charge in [0.15, 0.2) is 0 Å². The van der Waals surface area contributed by atoms with E-state index < -0.39 is 0 Å². The zero-order chi connectivity index (χ0) is 5.70. The van der Waals surface area contributed by atoms with Crippen molar-refractivity contribution in [2.45, 2.75) is 6.92 Å². The van der Waals surface area contributed by atoms with Crippen molar-refractivity contribution in [3.05, 3.63) is 11.8 Å². The predicted molar refractivity (Wildman–Crippen MR) is 26.8 cm³/mol. The highest BCUT2D eigenvalue weighted by Gasteiger charge is 1.76. The predicted octanol–water partition coefficient (Wildman–Crippen LogP) is 0.736. The van der Waals surface area contributed by atoms with Crippen molar-refractivity contribution in [2.75, 3.05) is 7.11 Å². The number of rotatable bonds is 2. The lowest BCUT2D eigenvalue weighted by molar-refractivity contribution is -0.104. The van der Waals surface area contributed by atoms with Crippen LogP contribution in [0.4, 0.5) is 0 Å². The molecule has 0 aliphatic carbocycles. The molecular weight excluding hydrogens is 92.1 g/mol. The molecule has 0 amide bonds. The minimum atomic E-state index is 0.634. The molecule has 0 radical (unpaired) electrons. The van der Waals surface area contributed by atoms with E-state index >= 15 is 0 Å². The van der Waals surface area contributed by atoms with E-state index in [0.717, 1.165) is 0 Å². The first kappa shape index (κ1) is 6.21. The molecule has 0 saturated carbocycles. The van der Waals surface area contributed by atoms with Crippen LogP contribution in [0, 0.1) is 0 Å². The van der Waals surface area contributed by atoms with E-state index in [2.05, 4.69) is 4.74 Å². The molecular formula is C5H8O2. The van der Waals surface area contributed by atoms with E-state index in [9.17, 15) is 4.79 Å². The molecule has 0 heterocycles. The molecule has 0 aromatic carbocycles. The van der Waals surface area contributed by atoms with E-state index in [1.807, 2.05) is 0 Å². The summed E-state index contributed by atoms with van der Waals surface area (Å²) in [6.07, 6.45) is 2.05. The van der Waals surface area contributed by atoms with Crippen LogP contribution in [0.2, 0.25) is 0 Å². The summed E-state index contributed by atoms with van der Waals surface area (Å²) in [6.45, 7) is 1.72. The average molecular weight is 100 g/mol. The quantitative estimate of drug-likeness (QED) is 0.290. The van der Waals surface area contributed by atoms with Crippen LogP contribution in [0.5, 0.6) is 0 Å². The number of methoxy groups -OCH3 is 1. The molecule has 0 rings (SSSR count). The maximum Gasteiger partial charge on any atom is 0.146 e. The van der Waals surface area contributed by atoms with Gasteiger partial charge in [-0.1, -0.05) is 0 Å². The fraction of sp³-hybridized carbons (Fsp3) is 0.400. The van der Waals surface area contributed by atoms with Gasteiger partial charge in [-0.25, -0.2) is 0 Å². The molecule has 2 heteroatoms. The van der Waals surface area contributed by atoms with Gasteiger partial charge in [0, 0.05) is 6.08 Å². The molecule has 0 unspecified atom stereocenters. The van der Waals surface area contributed by atoms with Crippen molar-refractivity contribution in [2.24, 2.45) is 0 Å². The third-order valence-electron chi connectivity index (χ3n) is 0.625. The van der Waals surface area contributed by atoms with Gasteiger partial charge in [-0.3, -0.25) is 4.79 Å². The molecule has 0 bridgehead atoms. The highest BCUT2D eigenvalue weighted by atomic mass is 16.5. The smallest absolute Gasteiger partial charge is 0.146 e. The Labute approximate surface area is 42.8 Å². The number of hydrogen-bond donors (Lipinski definition) is 0. The van der Waals surface area contributed by atoms with E-state index in [0.29, 0.717) is 12.0 Å². The summed E-state index contributed by atoms with van der Waals surface area (Å²) in [5.74, 6) is 0.634. The Hall–Kier alpha value is -0.790. The highest BCUT2D eigenvalue weighted by Crippen LogP contribution is 1.86. The summed E-state index contributed by atoms with van der Waals surface area (Å²) in [4.78, 5) is 9.62. The van der Waals surface area contributed by atoms with Gasteiger partial charge in [0.05, 0.1) is 12.9 Å². The largest absolute Gasteiger partial charge is 0.501 e. The average Bonchev–Trinajstić information content (AvgIpc) is 1.68. The van der Waals surface area contributed by atoms with Gasteiger partial charge >= 0.3 is 0 Å². The Morgan fingerprint density at radius 1 is 1.71 bits per heavy atom. The number of carbonyl (C=O) groups is 1. The zero-order valence-corrected chi connectivity index (χ0v) is 4.47. The summed E-state index contributed by atoms with van der Waals surface area (Å²) >= 11 is 0. The zero-order valence-electron chi connectivity index (χ0n) is 4.47. The maximum atomic E-state index is 9.62. The van der Waals surface area contributed by atoms with Gasteiger partial charge in [-0.05, 0) is 6.92 Å². The summed E-state index contributed by atoms with van der Waals surface area (Å²) in [5, 5.41) is 0. The molecule has 0 saturated heterocycles. The Bertz CT molecular complexity index is 84.1. The molecule has 2 nitrogen and oxygen atoms in total. The first-order valence-electron chi connectivity index (χ1n) is 1.97. The van der Waals surface area contributed by atoms with Crippen LogP contribution in [-0.2, 0) is 9.53 Å². The van der Waals surface area contributed by atoms with E-state index in [-0.39, 0.29) is 0 Å². The van der Waals surface area contributed by atoms with Crippen molar-refractivity contribution in [3.63, 3.8) is 0 Å². The molecule has 0 spiro atoms. The number of aldehydes is 1. The summed E-state index contributed by atoms with van der Waals surface area (Å²) in [7, 11) is 1.52. The van der Waals surface area contributed by atoms with Gasteiger partial charge in [-0.2, -0.15) is 0 Å². The van der Waals surface area contributed by atoms with Crippen molar-refractivity contribution >= 4 is 6.29 Å². The molecule has 0 fully saturated rings. The van der Waals surface area contributed by atoms with Gasteiger partial charge in [0.2, 0.25) is 0 Å². The molecule has 7 heavy (non-hydrogen) atoms. The van der Waals surface area contributed by atoms with Gasteiger partial charge in [0.1, 0.15) is 6.29 Å². The molecule has 40 valence electrons. The Morgan fingerprint density at radius 3 is 2.43 bits per heavy atom. The number of ether oxygens (including phenoxy) is 1. The molecule has 0 atom stereocenters. The maximum absolute atomic E-state index is 9.62. The van der Waals surface area contributed by atoms with Crippen molar-refractivity contribution in [1.82, 2.24) is 0 Å². The second-order valence-corrected chi connectivity index (χ2v) is 1.12. The minimum absolute atomic E-state index is 0.634. The van der Waals surface area contributed by atoms with Crippen LogP contribution >= 0.6 is 0 Å². The standard InChI is InChI=1S/C5H8O2/c1-5(7-2)3-4-6/h3-4H,1-2H3/b5-3+. The van der Waals surface area contributed by atoms with Crippen molar-refractivity contribution in [1.29, 1.82) is 0 Å². The van der Waals surface area contributed by atoms with E-state index in [4.69, 9.17) is 0 Å². The lowest BCUT2D eigenvalue weighted by atomic mass is 10.5. The van der Waals surface area contributed by atoms with Gasteiger partial charge in [-0.15, -0.1) is 0 Å². The summed E-state index contributed by atoms with van der Waals surface area (Å²) in [6, 6.07) is 0. The van der Waals surface area contributed by atoms with Gasteiger partial charge < -0.3 is 4.74 Å². The Kier molecular flexibility index (Phi) is 3.02. The van der Waals surface area contributed by atoms with Crippen LogP contribution in [0.3, 0.4) is 0 Å². The molecule has 0 N–H and O–H groups in total. The summed E-state index contributed by atoms with van der Waals surface area (Å²) < 4.78 is 4.62. The topological polar surface area (TPSA) is 26.3 Å². The first-order valence-corrected chi connectivity index (χ1v) is 1.97. The number of hydrogen-bond acceptors (Lipinski definition) is 2. The van der Waals surface area contributed by atoms with Gasteiger partial charge in [0.25, 0.3) is 0 Å². The third-order valence-corrected chi connectivity index (χ3v) is 0.625. The second kappa shape index (κ2) is 3.40. The third kappa shape index (κ3) is 3.03. The second-order valence-electron chi connectivity index (χ2n) is 1.12. The lowest BCUT2D eigenvalue weighted by Crippen LogP contribution is -1.77. The minimum Gasteiger partial charge on any atom is -0.501 e. The van der Waals surface area contributed by atoms with E-state index in [1.165, 1.54) is 13.2 Å². The highest BCUT2D eigenvalue weighted by molar-refractivity contribution is 5.65. The van der Waals surface area contributed by atoms with Crippen LogP contribution in [-0.4, -0.2) is 13.4 Å². The monoisotopic (exact) mass is 100 g/mol. The normalized spacial score (nSPS) is 10.9. The number of allylic oxidation sites excluding steroid dienone is 2. The fourth-order valence-corrected chi connectivity index (χ4v) is 0.164. The van der Waals surface area contributed by atoms with Crippen molar-refractivity contribution in [3.8, 4) is 0 Å². The van der Waals surface area contributed by atoms with Crippen molar-refractivity contribution < 1.29 is 9.53 Å². The lowest BCUT2D eigenvalue weighted by Gasteiger charge is -1.91. The Morgan fingerprint density at radius 2 is 2.29 bits per heavy atom.